The van der Waals surface area contributed by atoms with Crippen LogP contribution in [0.5, 0.6) is 0 Å². The second-order valence-electron chi connectivity index (χ2n) is 6.18. The van der Waals surface area contributed by atoms with E-state index in [1.54, 1.807) is 11.8 Å². The van der Waals surface area contributed by atoms with Crippen molar-refractivity contribution in [1.82, 2.24) is 10.2 Å². The zero-order valence-electron chi connectivity index (χ0n) is 14.3. The number of nitrogens with zero attached hydrogens (tertiary/aromatic N) is 1. The first-order valence-corrected chi connectivity index (χ1v) is 7.97. The molecule has 22 heavy (non-hydrogen) atoms. The number of benzene rings is 1. The molecule has 4 nitrogen and oxygen atoms in total. The maximum absolute atomic E-state index is 12.3. The lowest BCUT2D eigenvalue weighted by Crippen LogP contribution is -2.48. The molecule has 0 aromatic heterocycles. The van der Waals surface area contributed by atoms with Gasteiger partial charge in [-0.1, -0.05) is 50.6 Å². The summed E-state index contributed by atoms with van der Waals surface area (Å²) in [6.45, 7) is 10.8. The fourth-order valence-corrected chi connectivity index (χ4v) is 2.25. The Kier molecular flexibility index (Phi) is 7.09. The molecule has 1 aromatic carbocycles. The zero-order valence-corrected chi connectivity index (χ0v) is 14.3. The van der Waals surface area contributed by atoms with Gasteiger partial charge in [-0.3, -0.25) is 9.59 Å². The van der Waals surface area contributed by atoms with Crippen LogP contribution in [-0.4, -0.2) is 29.3 Å². The fraction of sp³-hybridized carbons (Fsp3) is 0.556. The van der Waals surface area contributed by atoms with Gasteiger partial charge in [0.25, 0.3) is 0 Å². The first-order valence-electron chi connectivity index (χ1n) is 7.97. The van der Waals surface area contributed by atoms with Crippen molar-refractivity contribution in [2.45, 2.75) is 53.6 Å². The highest BCUT2D eigenvalue weighted by Gasteiger charge is 2.24. The SMILES string of the molecule is CCC(=O)N(Cc1cccc(C)c1)[C@@H](C)C(=O)NCC(C)C. The number of nitrogens with one attached hydrogen (secondary N) is 1. The summed E-state index contributed by atoms with van der Waals surface area (Å²) in [4.78, 5) is 26.1. The molecule has 0 radical (unpaired) electrons. The summed E-state index contributed by atoms with van der Waals surface area (Å²) in [5.41, 5.74) is 2.20. The number of carbonyl (C=O) groups is 2. The lowest BCUT2D eigenvalue weighted by Gasteiger charge is -2.28. The molecule has 122 valence electrons. The molecule has 0 aliphatic carbocycles. The summed E-state index contributed by atoms with van der Waals surface area (Å²) < 4.78 is 0. The van der Waals surface area contributed by atoms with Crippen molar-refractivity contribution >= 4 is 11.8 Å². The van der Waals surface area contributed by atoms with Crippen LogP contribution in [0.1, 0.15) is 45.2 Å². The van der Waals surface area contributed by atoms with Crippen molar-refractivity contribution in [2.24, 2.45) is 5.92 Å². The van der Waals surface area contributed by atoms with Crippen molar-refractivity contribution in [1.29, 1.82) is 0 Å². The average Bonchev–Trinajstić information content (AvgIpc) is 2.48. The Morgan fingerprint density at radius 3 is 2.45 bits per heavy atom. The molecule has 0 saturated carbocycles. The van der Waals surface area contributed by atoms with Crippen LogP contribution in [0.4, 0.5) is 0 Å². The van der Waals surface area contributed by atoms with Crippen LogP contribution in [0.25, 0.3) is 0 Å². The number of hydrogen-bond acceptors (Lipinski definition) is 2. The van der Waals surface area contributed by atoms with Crippen LogP contribution in [-0.2, 0) is 16.1 Å². The molecule has 0 bridgehead atoms. The second-order valence-corrected chi connectivity index (χ2v) is 6.18. The molecular weight excluding hydrogens is 276 g/mol. The van der Waals surface area contributed by atoms with Gasteiger partial charge < -0.3 is 10.2 Å². The van der Waals surface area contributed by atoms with Gasteiger partial charge in [-0.05, 0) is 25.3 Å². The fourth-order valence-electron chi connectivity index (χ4n) is 2.25. The van der Waals surface area contributed by atoms with E-state index in [4.69, 9.17) is 0 Å². The van der Waals surface area contributed by atoms with E-state index in [-0.39, 0.29) is 11.8 Å². The lowest BCUT2D eigenvalue weighted by atomic mass is 10.1. The van der Waals surface area contributed by atoms with E-state index in [1.165, 1.54) is 0 Å². The van der Waals surface area contributed by atoms with Gasteiger partial charge in [0.05, 0.1) is 0 Å². The van der Waals surface area contributed by atoms with Crippen molar-refractivity contribution in [2.75, 3.05) is 6.54 Å². The second kappa shape index (κ2) is 8.57. The first kappa shape index (κ1) is 18.2. The van der Waals surface area contributed by atoms with Gasteiger partial charge in [0.1, 0.15) is 6.04 Å². The third-order valence-corrected chi connectivity index (χ3v) is 3.59. The van der Waals surface area contributed by atoms with Gasteiger partial charge in [0, 0.05) is 19.5 Å². The highest BCUT2D eigenvalue weighted by atomic mass is 16.2. The molecule has 1 rings (SSSR count). The van der Waals surface area contributed by atoms with Crippen molar-refractivity contribution in [3.05, 3.63) is 35.4 Å². The standard InChI is InChI=1S/C18H28N2O2/c1-6-17(21)20(12-16-9-7-8-14(4)10-16)15(5)18(22)19-11-13(2)3/h7-10,13,15H,6,11-12H2,1-5H3,(H,19,22)/t15-/m0/s1. The summed E-state index contributed by atoms with van der Waals surface area (Å²) in [6.07, 6.45) is 0.396. The summed E-state index contributed by atoms with van der Waals surface area (Å²) in [5.74, 6) is 0.292. The predicted octanol–water partition coefficient (Wildman–Crippen LogP) is 2.89. The number of aryl methyl sites for hydroxylation is 1. The Morgan fingerprint density at radius 2 is 1.91 bits per heavy atom. The normalized spacial score (nSPS) is 12.1. The van der Waals surface area contributed by atoms with Crippen molar-refractivity contribution in [3.63, 3.8) is 0 Å². The van der Waals surface area contributed by atoms with Gasteiger partial charge in [-0.15, -0.1) is 0 Å². The van der Waals surface area contributed by atoms with Crippen LogP contribution in [0.2, 0.25) is 0 Å². The highest BCUT2D eigenvalue weighted by Crippen LogP contribution is 2.12. The van der Waals surface area contributed by atoms with E-state index < -0.39 is 6.04 Å². The molecule has 4 heteroatoms. The molecule has 1 atom stereocenters. The molecule has 0 aliphatic heterocycles. The van der Waals surface area contributed by atoms with Crippen LogP contribution in [0.3, 0.4) is 0 Å². The predicted molar refractivity (Wildman–Crippen MR) is 89.3 cm³/mol. The largest absolute Gasteiger partial charge is 0.354 e. The van der Waals surface area contributed by atoms with Gasteiger partial charge >= 0.3 is 0 Å². The summed E-state index contributed by atoms with van der Waals surface area (Å²) in [6, 6.07) is 7.57. The van der Waals surface area contributed by atoms with Gasteiger partial charge in [-0.2, -0.15) is 0 Å². The van der Waals surface area contributed by atoms with Gasteiger partial charge in [-0.25, -0.2) is 0 Å². The van der Waals surface area contributed by atoms with Gasteiger partial charge in [0.2, 0.25) is 11.8 Å². The minimum atomic E-state index is -0.466. The van der Waals surface area contributed by atoms with E-state index >= 15 is 0 Å². The number of amides is 2. The van der Waals surface area contributed by atoms with Crippen LogP contribution in [0, 0.1) is 12.8 Å². The summed E-state index contributed by atoms with van der Waals surface area (Å²) in [7, 11) is 0. The quantitative estimate of drug-likeness (QED) is 0.842. The molecule has 0 unspecified atom stereocenters. The summed E-state index contributed by atoms with van der Waals surface area (Å²) >= 11 is 0. The highest BCUT2D eigenvalue weighted by molar-refractivity contribution is 5.87. The topological polar surface area (TPSA) is 49.4 Å². The van der Waals surface area contributed by atoms with E-state index in [0.717, 1.165) is 11.1 Å². The number of carbonyl (C=O) groups excluding carboxylic acids is 2. The van der Waals surface area contributed by atoms with E-state index in [0.29, 0.717) is 25.4 Å². The smallest absolute Gasteiger partial charge is 0.242 e. The molecule has 0 spiro atoms. The van der Waals surface area contributed by atoms with E-state index in [9.17, 15) is 9.59 Å². The molecule has 2 amide bonds. The maximum Gasteiger partial charge on any atom is 0.242 e. The molecular formula is C18H28N2O2. The minimum Gasteiger partial charge on any atom is -0.354 e. The van der Waals surface area contributed by atoms with Crippen molar-refractivity contribution in [3.8, 4) is 0 Å². The van der Waals surface area contributed by atoms with Crippen LogP contribution < -0.4 is 5.32 Å². The third kappa shape index (κ3) is 5.51. The molecule has 1 N–H and O–H groups in total. The van der Waals surface area contributed by atoms with E-state index in [2.05, 4.69) is 11.4 Å². The minimum absolute atomic E-state index is 0.00583. The number of rotatable bonds is 7. The van der Waals surface area contributed by atoms with E-state index in [1.807, 2.05) is 45.9 Å². The Hall–Kier alpha value is -1.84. The maximum atomic E-state index is 12.3. The Labute approximate surface area is 133 Å². The molecule has 0 fully saturated rings. The Balaban J connectivity index is 2.83. The van der Waals surface area contributed by atoms with Crippen LogP contribution in [0.15, 0.2) is 24.3 Å². The molecule has 0 saturated heterocycles. The molecule has 1 aromatic rings. The lowest BCUT2D eigenvalue weighted by molar-refractivity contribution is -0.140. The molecule has 0 aliphatic rings. The third-order valence-electron chi connectivity index (χ3n) is 3.59. The average molecular weight is 304 g/mol. The van der Waals surface area contributed by atoms with Gasteiger partial charge in [0.15, 0.2) is 0 Å². The zero-order chi connectivity index (χ0) is 16.7. The Morgan fingerprint density at radius 1 is 1.23 bits per heavy atom. The molecule has 0 heterocycles. The Bertz CT molecular complexity index is 512. The van der Waals surface area contributed by atoms with Crippen molar-refractivity contribution < 1.29 is 9.59 Å². The number of hydrogen-bond donors (Lipinski definition) is 1. The first-order chi connectivity index (χ1) is 10.3. The van der Waals surface area contributed by atoms with Crippen LogP contribution >= 0.6 is 0 Å². The monoisotopic (exact) mass is 304 g/mol. The summed E-state index contributed by atoms with van der Waals surface area (Å²) in [5, 5.41) is 2.91.